The summed E-state index contributed by atoms with van der Waals surface area (Å²) >= 11 is 0. The van der Waals surface area contributed by atoms with Crippen molar-refractivity contribution < 1.29 is 32.6 Å². The molecule has 3 aliphatic rings. The maximum absolute atomic E-state index is 12.8. The highest BCUT2D eigenvalue weighted by Gasteiger charge is 2.37. The van der Waals surface area contributed by atoms with Crippen LogP contribution in [0.5, 0.6) is 0 Å². The number of alkyl halides is 3. The van der Waals surface area contributed by atoms with Gasteiger partial charge in [-0.25, -0.2) is 0 Å². The number of carbonyl (C=O) groups excluding carboxylic acids is 2. The van der Waals surface area contributed by atoms with Gasteiger partial charge in [-0.3, -0.25) is 9.59 Å². The van der Waals surface area contributed by atoms with Crippen molar-refractivity contribution >= 4 is 22.5 Å². The van der Waals surface area contributed by atoms with Gasteiger partial charge in [0, 0.05) is 47.2 Å². The highest BCUT2D eigenvalue weighted by atomic mass is 32.2. The van der Waals surface area contributed by atoms with E-state index in [0.717, 1.165) is 70.2 Å². The molecular formula is C24H37F3N4O4S. The fourth-order valence-electron chi connectivity index (χ4n) is 4.78. The molecule has 12 heteroatoms. The van der Waals surface area contributed by atoms with Crippen LogP contribution in [0.3, 0.4) is 0 Å². The number of piperidine rings is 2. The quantitative estimate of drug-likeness (QED) is 0.568. The van der Waals surface area contributed by atoms with Crippen molar-refractivity contribution in [3.8, 4) is 0 Å². The smallest absolute Gasteiger partial charge is 0.355 e. The maximum Gasteiger partial charge on any atom is 0.416 e. The van der Waals surface area contributed by atoms with Crippen LogP contribution in [0.15, 0.2) is 24.3 Å². The maximum atomic E-state index is 12.8. The van der Waals surface area contributed by atoms with Crippen LogP contribution in [0.2, 0.25) is 0 Å². The van der Waals surface area contributed by atoms with Gasteiger partial charge in [-0.05, 0) is 56.2 Å². The second-order valence-electron chi connectivity index (χ2n) is 9.39. The molecule has 204 valence electrons. The average molecular weight is 535 g/mol. The molecule has 36 heavy (non-hydrogen) atoms. The Morgan fingerprint density at radius 3 is 2.11 bits per heavy atom. The van der Waals surface area contributed by atoms with Crippen molar-refractivity contribution in [2.24, 2.45) is 5.92 Å². The largest absolute Gasteiger partial charge is 0.416 e. The molecule has 0 saturated carbocycles. The Morgan fingerprint density at radius 2 is 1.53 bits per heavy atom. The SMILES string of the molecule is O=C([C@H]1CCCN(S(=O)(=O)N2CCCCC2)C1)N1CCCC1.O=CNCc1ccc(C(F)(F)F)cc1.[HH]. The number of likely N-dealkylation sites (tertiary alicyclic amines) is 1. The fourth-order valence-corrected chi connectivity index (χ4v) is 6.55. The van der Waals surface area contributed by atoms with E-state index < -0.39 is 21.9 Å². The van der Waals surface area contributed by atoms with E-state index in [1.165, 1.54) is 12.1 Å². The van der Waals surface area contributed by atoms with Gasteiger partial charge in [-0.15, -0.1) is 0 Å². The third kappa shape index (κ3) is 7.66. The number of rotatable bonds is 6. The van der Waals surface area contributed by atoms with Crippen molar-refractivity contribution in [1.82, 2.24) is 18.8 Å². The molecular weight excluding hydrogens is 497 g/mol. The van der Waals surface area contributed by atoms with Crippen molar-refractivity contribution in [3.63, 3.8) is 0 Å². The fraction of sp³-hybridized carbons (Fsp3) is 0.667. The summed E-state index contributed by atoms with van der Waals surface area (Å²) < 4.78 is 65.0. The van der Waals surface area contributed by atoms with Crippen LogP contribution < -0.4 is 5.32 Å². The molecule has 0 bridgehead atoms. The zero-order valence-electron chi connectivity index (χ0n) is 20.4. The molecule has 1 atom stereocenters. The third-order valence-electron chi connectivity index (χ3n) is 6.79. The lowest BCUT2D eigenvalue weighted by atomic mass is 9.98. The van der Waals surface area contributed by atoms with Gasteiger partial charge in [0.1, 0.15) is 0 Å². The van der Waals surface area contributed by atoms with Gasteiger partial charge in [-0.1, -0.05) is 18.6 Å². The normalized spacial score (nSPS) is 22.0. The molecule has 3 saturated heterocycles. The number of nitrogens with zero attached hydrogens (tertiary/aromatic N) is 3. The zero-order valence-corrected chi connectivity index (χ0v) is 21.2. The van der Waals surface area contributed by atoms with Crippen LogP contribution in [0.1, 0.15) is 57.5 Å². The molecule has 0 aliphatic carbocycles. The molecule has 1 N–H and O–H groups in total. The minimum atomic E-state index is -4.31. The molecule has 0 radical (unpaired) electrons. The van der Waals surface area contributed by atoms with Gasteiger partial charge >= 0.3 is 6.18 Å². The molecule has 1 aromatic rings. The lowest BCUT2D eigenvalue weighted by Gasteiger charge is -2.37. The topological polar surface area (TPSA) is 90.0 Å². The summed E-state index contributed by atoms with van der Waals surface area (Å²) in [6.45, 7) is 4.11. The molecule has 3 fully saturated rings. The zero-order chi connectivity index (χ0) is 26.2. The Morgan fingerprint density at radius 1 is 0.944 bits per heavy atom. The van der Waals surface area contributed by atoms with Gasteiger partial charge in [0.2, 0.25) is 12.3 Å². The summed E-state index contributed by atoms with van der Waals surface area (Å²) in [5.74, 6) is 0.0162. The van der Waals surface area contributed by atoms with E-state index in [4.69, 9.17) is 0 Å². The van der Waals surface area contributed by atoms with Crippen molar-refractivity contribution in [3.05, 3.63) is 35.4 Å². The highest BCUT2D eigenvalue weighted by molar-refractivity contribution is 7.86. The minimum Gasteiger partial charge on any atom is -0.355 e. The van der Waals surface area contributed by atoms with Crippen LogP contribution in [-0.2, 0) is 32.5 Å². The van der Waals surface area contributed by atoms with E-state index in [1.54, 1.807) is 8.61 Å². The molecule has 3 heterocycles. The van der Waals surface area contributed by atoms with E-state index >= 15 is 0 Å². The van der Waals surface area contributed by atoms with Crippen LogP contribution in [0.4, 0.5) is 13.2 Å². The predicted molar refractivity (Wildman–Crippen MR) is 131 cm³/mol. The monoisotopic (exact) mass is 534 g/mol. The molecule has 4 rings (SSSR count). The number of carbonyl (C=O) groups is 2. The number of nitrogens with one attached hydrogen (secondary N) is 1. The first kappa shape index (κ1) is 28.4. The van der Waals surface area contributed by atoms with Crippen LogP contribution in [-0.4, -0.2) is 73.5 Å². The second-order valence-corrected chi connectivity index (χ2v) is 11.3. The standard InChI is InChI=1S/C15H27N3O3S.C9H8F3NO.H2/c19-15(16-8-4-5-9-16)14-7-6-12-18(13-14)22(20,21)17-10-2-1-3-11-17;10-9(11,12)8-3-1-7(2-4-8)5-13-6-14;/h14H,1-13H2;1-4,6H,5H2,(H,13,14);1H/t14-;;/m0../s1. The number of hydrogen-bond donors (Lipinski definition) is 1. The molecule has 2 amide bonds. The average Bonchev–Trinajstić information content (AvgIpc) is 3.43. The van der Waals surface area contributed by atoms with E-state index in [1.807, 2.05) is 4.90 Å². The van der Waals surface area contributed by atoms with Crippen LogP contribution >= 0.6 is 0 Å². The Labute approximate surface area is 212 Å². The summed E-state index contributed by atoms with van der Waals surface area (Å²) in [7, 11) is -3.38. The number of benzene rings is 1. The van der Waals surface area contributed by atoms with Gasteiger partial charge in [0.05, 0.1) is 11.5 Å². The minimum absolute atomic E-state index is 0. The Balaban J connectivity index is 0.000000280. The Bertz CT molecular complexity index is 967. The molecule has 0 aromatic heterocycles. The van der Waals surface area contributed by atoms with Gasteiger partial charge in [-0.2, -0.15) is 30.2 Å². The van der Waals surface area contributed by atoms with E-state index in [9.17, 15) is 31.2 Å². The first-order chi connectivity index (χ1) is 17.1. The summed E-state index contributed by atoms with van der Waals surface area (Å²) in [4.78, 5) is 24.4. The summed E-state index contributed by atoms with van der Waals surface area (Å²) in [6.07, 6.45) is 2.96. The lowest BCUT2D eigenvalue weighted by Crippen LogP contribution is -2.51. The molecule has 0 unspecified atom stereocenters. The summed E-state index contributed by atoms with van der Waals surface area (Å²) in [6, 6.07) is 4.64. The number of halogens is 3. The van der Waals surface area contributed by atoms with Crippen LogP contribution in [0.25, 0.3) is 0 Å². The molecule has 8 nitrogen and oxygen atoms in total. The van der Waals surface area contributed by atoms with Crippen molar-refractivity contribution in [2.45, 2.75) is 57.7 Å². The summed E-state index contributed by atoms with van der Waals surface area (Å²) in [5, 5.41) is 2.36. The highest BCUT2D eigenvalue weighted by Crippen LogP contribution is 2.29. The predicted octanol–water partition coefficient (Wildman–Crippen LogP) is 3.25. The number of hydrogen-bond acceptors (Lipinski definition) is 4. The number of amides is 2. The van der Waals surface area contributed by atoms with Crippen LogP contribution in [0, 0.1) is 5.92 Å². The molecule has 3 aliphatic heterocycles. The van der Waals surface area contributed by atoms with Gasteiger partial charge in [0.25, 0.3) is 10.2 Å². The van der Waals surface area contributed by atoms with Gasteiger partial charge in [0.15, 0.2) is 0 Å². The second kappa shape index (κ2) is 12.9. The van der Waals surface area contributed by atoms with Crippen molar-refractivity contribution in [1.29, 1.82) is 0 Å². The van der Waals surface area contributed by atoms with E-state index in [0.29, 0.717) is 38.2 Å². The Hall–Kier alpha value is -2.18. The molecule has 0 spiro atoms. The van der Waals surface area contributed by atoms with Gasteiger partial charge < -0.3 is 10.2 Å². The van der Waals surface area contributed by atoms with Crippen molar-refractivity contribution in [2.75, 3.05) is 39.3 Å². The summed E-state index contributed by atoms with van der Waals surface area (Å²) in [5.41, 5.74) is -0.0579. The first-order valence-electron chi connectivity index (χ1n) is 12.5. The third-order valence-corrected chi connectivity index (χ3v) is 8.79. The lowest BCUT2D eigenvalue weighted by molar-refractivity contribution is -0.137. The van der Waals surface area contributed by atoms with E-state index in [-0.39, 0.29) is 19.8 Å². The first-order valence-corrected chi connectivity index (χ1v) is 13.9. The molecule has 1 aromatic carbocycles. The Kier molecular flexibility index (Phi) is 10.1. The van der Waals surface area contributed by atoms with E-state index in [2.05, 4.69) is 5.32 Å².